The van der Waals surface area contributed by atoms with Crippen molar-refractivity contribution in [3.05, 3.63) is 42.1 Å². The van der Waals surface area contributed by atoms with Crippen LogP contribution in [0.2, 0.25) is 0 Å². The molecule has 0 spiro atoms. The van der Waals surface area contributed by atoms with Gasteiger partial charge in [-0.25, -0.2) is 9.97 Å². The Labute approximate surface area is 189 Å². The van der Waals surface area contributed by atoms with Gasteiger partial charge in [0.25, 0.3) is 5.91 Å². The Balaban J connectivity index is 1.57. The molecule has 1 amide bonds. The lowest BCUT2D eigenvalue weighted by atomic mass is 9.84. The molecule has 0 aliphatic heterocycles. The van der Waals surface area contributed by atoms with Crippen molar-refractivity contribution in [2.75, 3.05) is 12.4 Å². The van der Waals surface area contributed by atoms with Crippen LogP contribution in [0.1, 0.15) is 55.0 Å². The predicted molar refractivity (Wildman–Crippen MR) is 125 cm³/mol. The molecular weight excluding hydrogens is 493 g/mol. The number of halogens is 1. The topological polar surface area (TPSA) is 81.9 Å². The molecule has 0 radical (unpaired) electrons. The maximum Gasteiger partial charge on any atom is 0.274 e. The lowest BCUT2D eigenvalue weighted by Crippen LogP contribution is -2.22. The third kappa shape index (κ3) is 4.43. The highest BCUT2D eigenvalue weighted by Gasteiger charge is 2.25. The fraction of sp³-hybridized carbons (Fsp3) is 0.455. The van der Waals surface area contributed by atoms with Crippen LogP contribution in [-0.4, -0.2) is 36.7 Å². The lowest BCUT2D eigenvalue weighted by molar-refractivity contribution is 0.102. The van der Waals surface area contributed by atoms with E-state index in [0.29, 0.717) is 32.9 Å². The number of benzene rings is 1. The molecule has 1 saturated carbocycles. The first-order chi connectivity index (χ1) is 14.4. The van der Waals surface area contributed by atoms with Gasteiger partial charge in [-0.3, -0.25) is 9.48 Å². The van der Waals surface area contributed by atoms with E-state index in [1.807, 2.05) is 12.1 Å². The lowest BCUT2D eigenvalue weighted by Gasteiger charge is -2.30. The minimum absolute atomic E-state index is 0.295. The number of alkyl halides is 1. The summed E-state index contributed by atoms with van der Waals surface area (Å²) in [5.74, 6) is 1.64. The van der Waals surface area contributed by atoms with Crippen LogP contribution in [0.5, 0.6) is 5.75 Å². The predicted octanol–water partition coefficient (Wildman–Crippen LogP) is 4.95. The number of rotatable bonds is 5. The normalized spacial score (nSPS) is 20.1. The van der Waals surface area contributed by atoms with Gasteiger partial charge in [-0.05, 0) is 50.7 Å². The van der Waals surface area contributed by atoms with E-state index in [1.165, 1.54) is 12.8 Å². The van der Waals surface area contributed by atoms with Crippen LogP contribution >= 0.6 is 22.6 Å². The van der Waals surface area contributed by atoms with Gasteiger partial charge in [0.05, 0.1) is 24.4 Å². The Morgan fingerprint density at radius 2 is 2.07 bits per heavy atom. The van der Waals surface area contributed by atoms with Gasteiger partial charge in [-0.1, -0.05) is 29.5 Å². The average molecular weight is 519 g/mol. The van der Waals surface area contributed by atoms with Gasteiger partial charge < -0.3 is 10.1 Å². The molecule has 7 nitrogen and oxygen atoms in total. The summed E-state index contributed by atoms with van der Waals surface area (Å²) in [6.07, 6.45) is 8.45. The third-order valence-electron chi connectivity index (χ3n) is 5.87. The molecular formula is C22H26IN5O2. The van der Waals surface area contributed by atoms with Crippen molar-refractivity contribution >= 4 is 45.1 Å². The van der Waals surface area contributed by atoms with Gasteiger partial charge in [0.1, 0.15) is 17.3 Å². The molecule has 3 aromatic rings. The monoisotopic (exact) mass is 519 g/mol. The first kappa shape index (κ1) is 21.0. The molecule has 158 valence electrons. The summed E-state index contributed by atoms with van der Waals surface area (Å²) in [4.78, 5) is 20.9. The number of anilines is 1. The number of hydrogen-bond acceptors (Lipinski definition) is 5. The van der Waals surface area contributed by atoms with Crippen LogP contribution in [0.15, 0.2) is 30.6 Å². The second-order valence-corrected chi connectivity index (χ2v) is 9.87. The molecule has 0 bridgehead atoms. The van der Waals surface area contributed by atoms with Gasteiger partial charge in [0, 0.05) is 27.8 Å². The van der Waals surface area contributed by atoms with Crippen molar-refractivity contribution in [1.82, 2.24) is 19.7 Å². The van der Waals surface area contributed by atoms with E-state index >= 15 is 0 Å². The van der Waals surface area contributed by atoms with E-state index < -0.39 is 0 Å². The van der Waals surface area contributed by atoms with Gasteiger partial charge in [-0.15, -0.1) is 0 Å². The number of carbonyl (C=O) groups excluding carboxylic acids is 1. The van der Waals surface area contributed by atoms with Crippen molar-refractivity contribution in [3.8, 4) is 5.75 Å². The van der Waals surface area contributed by atoms with E-state index in [-0.39, 0.29) is 5.91 Å². The minimum atomic E-state index is -0.295. The second-order valence-electron chi connectivity index (χ2n) is 7.91. The number of methoxy groups -OCH3 is 1. The Morgan fingerprint density at radius 3 is 2.73 bits per heavy atom. The number of amides is 1. The summed E-state index contributed by atoms with van der Waals surface area (Å²) < 4.78 is 8.32. The Bertz CT molecular complexity index is 1060. The van der Waals surface area contributed by atoms with Crippen LogP contribution in [0.4, 0.5) is 5.69 Å². The summed E-state index contributed by atoms with van der Waals surface area (Å²) in [6.45, 7) is 4.06. The van der Waals surface area contributed by atoms with Crippen LogP contribution in [0.3, 0.4) is 0 Å². The highest BCUT2D eigenvalue weighted by molar-refractivity contribution is 14.1. The van der Waals surface area contributed by atoms with Crippen molar-refractivity contribution in [1.29, 1.82) is 0 Å². The molecule has 1 atom stereocenters. The number of ether oxygens (including phenoxy) is 1. The van der Waals surface area contributed by atoms with Crippen molar-refractivity contribution in [2.45, 2.75) is 49.5 Å². The quantitative estimate of drug-likeness (QED) is 0.381. The SMILES string of the molecule is COc1cc2nn(C3CCC(C(C)I)CC3)cc2cc1NC(=O)c1ccnc(C)n1. The molecule has 1 unspecified atom stereocenters. The fourth-order valence-electron chi connectivity index (χ4n) is 4.12. The largest absolute Gasteiger partial charge is 0.494 e. The summed E-state index contributed by atoms with van der Waals surface area (Å²) in [7, 11) is 1.59. The molecule has 1 aromatic carbocycles. The summed E-state index contributed by atoms with van der Waals surface area (Å²) >= 11 is 2.54. The molecule has 1 N–H and O–H groups in total. The van der Waals surface area contributed by atoms with Gasteiger partial charge >= 0.3 is 0 Å². The van der Waals surface area contributed by atoms with E-state index in [1.54, 1.807) is 26.3 Å². The first-order valence-corrected chi connectivity index (χ1v) is 11.5. The molecule has 1 aliphatic carbocycles. The number of aryl methyl sites for hydroxylation is 1. The maximum atomic E-state index is 12.6. The van der Waals surface area contributed by atoms with Gasteiger partial charge in [-0.2, -0.15) is 5.10 Å². The average Bonchev–Trinajstić information content (AvgIpc) is 3.16. The van der Waals surface area contributed by atoms with E-state index in [4.69, 9.17) is 9.84 Å². The van der Waals surface area contributed by atoms with Crippen molar-refractivity contribution < 1.29 is 9.53 Å². The number of fused-ring (bicyclic) bond motifs is 1. The Hall–Kier alpha value is -2.23. The van der Waals surface area contributed by atoms with E-state index in [9.17, 15) is 4.79 Å². The van der Waals surface area contributed by atoms with E-state index in [0.717, 1.165) is 29.7 Å². The minimum Gasteiger partial charge on any atom is -0.494 e. The Morgan fingerprint density at radius 1 is 1.30 bits per heavy atom. The number of nitrogens with zero attached hydrogens (tertiary/aromatic N) is 4. The van der Waals surface area contributed by atoms with Crippen molar-refractivity contribution in [2.24, 2.45) is 5.92 Å². The molecule has 2 heterocycles. The fourth-order valence-corrected chi connectivity index (χ4v) is 4.84. The van der Waals surface area contributed by atoms with Crippen molar-refractivity contribution in [3.63, 3.8) is 0 Å². The summed E-state index contributed by atoms with van der Waals surface area (Å²) in [6, 6.07) is 5.82. The zero-order valence-electron chi connectivity index (χ0n) is 17.4. The molecule has 4 rings (SSSR count). The van der Waals surface area contributed by atoms with Crippen LogP contribution < -0.4 is 10.1 Å². The second kappa shape index (κ2) is 8.87. The number of nitrogens with one attached hydrogen (secondary N) is 1. The first-order valence-electron chi connectivity index (χ1n) is 10.3. The third-order valence-corrected chi connectivity index (χ3v) is 6.88. The highest BCUT2D eigenvalue weighted by Crippen LogP contribution is 2.37. The number of hydrogen-bond donors (Lipinski definition) is 1. The van der Waals surface area contributed by atoms with Crippen LogP contribution in [0, 0.1) is 12.8 Å². The zero-order valence-corrected chi connectivity index (χ0v) is 19.6. The van der Waals surface area contributed by atoms with Crippen LogP contribution in [0.25, 0.3) is 10.9 Å². The number of carbonyl (C=O) groups is 1. The molecule has 0 saturated heterocycles. The zero-order chi connectivity index (χ0) is 21.3. The number of aromatic nitrogens is 4. The smallest absolute Gasteiger partial charge is 0.274 e. The van der Waals surface area contributed by atoms with Crippen LogP contribution in [-0.2, 0) is 0 Å². The van der Waals surface area contributed by atoms with Gasteiger partial charge in [0.15, 0.2) is 0 Å². The Kier molecular flexibility index (Phi) is 6.21. The molecule has 1 aliphatic rings. The standard InChI is InChI=1S/C22H26IN5O2/c1-13(23)15-4-6-17(7-5-15)28-12-16-10-20(21(30-3)11-19(16)27-28)26-22(29)18-8-9-24-14(2)25-18/h8-13,15,17H,4-7H2,1-3H3,(H,26,29). The molecule has 2 aromatic heterocycles. The van der Waals surface area contributed by atoms with E-state index in [2.05, 4.69) is 55.7 Å². The molecule has 8 heteroatoms. The summed E-state index contributed by atoms with van der Waals surface area (Å²) in [5.41, 5.74) is 1.79. The maximum absolute atomic E-state index is 12.6. The molecule has 30 heavy (non-hydrogen) atoms. The van der Waals surface area contributed by atoms with Gasteiger partial charge in [0.2, 0.25) is 0 Å². The highest BCUT2D eigenvalue weighted by atomic mass is 127. The molecule has 1 fully saturated rings. The summed E-state index contributed by atoms with van der Waals surface area (Å²) in [5, 5.41) is 8.70.